The maximum atomic E-state index is 14.1. The third kappa shape index (κ3) is 8.70. The molecule has 1 atom stereocenters. The zero-order valence-corrected chi connectivity index (χ0v) is 35.4. The Morgan fingerprint density at radius 3 is 1.62 bits per heavy atom. The molecule has 0 aliphatic carbocycles. The van der Waals surface area contributed by atoms with Crippen LogP contribution in [-0.2, 0) is 12.4 Å². The molecular weight excluding hydrogens is 849 g/mol. The lowest BCUT2D eigenvalue weighted by molar-refractivity contribution is -0.150. The largest absolute Gasteiger partial charge is 0.446 e. The Labute approximate surface area is 370 Å². The normalized spacial score (nSPS) is 18.8. The second kappa shape index (κ2) is 16.6. The summed E-state index contributed by atoms with van der Waals surface area (Å²) in [6.07, 6.45) is -0.0262. The number of aryl methyl sites for hydroxylation is 2. The van der Waals surface area contributed by atoms with Crippen molar-refractivity contribution in [2.45, 2.75) is 64.7 Å². The molecule has 1 unspecified atom stereocenters. The molecule has 0 amide bonds. The van der Waals surface area contributed by atoms with E-state index in [4.69, 9.17) is 18.8 Å². The van der Waals surface area contributed by atoms with E-state index in [1.54, 1.807) is 0 Å². The number of hydrogen-bond acceptors (Lipinski definition) is 11. The topological polar surface area (TPSA) is 119 Å². The molecule has 0 radical (unpaired) electrons. The molecule has 5 aromatic rings. The number of aromatic nitrogens is 1. The summed E-state index contributed by atoms with van der Waals surface area (Å²) in [6.45, 7) is 7.28. The highest BCUT2D eigenvalue weighted by atomic mass is 19.4. The average Bonchev–Trinajstić information content (AvgIpc) is 3.91. The number of hydrogen-bond donors (Lipinski definition) is 2. The summed E-state index contributed by atoms with van der Waals surface area (Å²) in [6, 6.07) is 20.3. The van der Waals surface area contributed by atoms with Crippen LogP contribution in [0.3, 0.4) is 0 Å². The summed E-state index contributed by atoms with van der Waals surface area (Å²) in [7, 11) is 0. The van der Waals surface area contributed by atoms with Crippen molar-refractivity contribution in [2.24, 2.45) is 25.9 Å². The minimum atomic E-state index is -5.20. The smallest absolute Gasteiger partial charge is 0.433 e. The number of dihydropyridines is 1. The minimum Gasteiger partial charge on any atom is -0.446 e. The van der Waals surface area contributed by atoms with Crippen LogP contribution in [0.1, 0.15) is 78.1 Å². The number of anilines is 6. The lowest BCUT2D eigenvalue weighted by Crippen LogP contribution is -2.34. The standard InChI is InChI=1S/C48H43F6N9O2/c1-27-9-15-41(64-27)55-37-25-31(62-17-5-3-6-18-62)11-13-33(37)35-21-29-22-36(34-14-12-32(63-19-7-4-8-20-63)26-38(34)56-42-16-10-28(2)65-42)58-46-43(29)45(57-35)60-44(61-46)30-23-39(47(49,50)51)59-40(24-30)48(52,53)54/h9-16,21-26,43,55-56H,3-8,17-20H2,1-2H3. The highest BCUT2D eigenvalue weighted by Gasteiger charge is 2.41. The number of furan rings is 2. The molecule has 2 fully saturated rings. The highest BCUT2D eigenvalue weighted by Crippen LogP contribution is 2.42. The van der Waals surface area contributed by atoms with Gasteiger partial charge in [-0.1, -0.05) is 0 Å². The SMILES string of the molecule is Cc1ccc(Nc2cc(N3CCCCC3)ccc2C2=CC3=CC(c4ccc(N5CCCCC5)cc4Nc4ccc(C)o4)=NC4=NC(c5cc(C(F)(F)F)nc(C(F)(F)F)c5)=NC(=N2)C34)o1. The fourth-order valence-corrected chi connectivity index (χ4v) is 8.84. The van der Waals surface area contributed by atoms with Crippen LogP contribution in [0.25, 0.3) is 5.70 Å². The van der Waals surface area contributed by atoms with Crippen LogP contribution in [0.2, 0.25) is 0 Å². The molecule has 2 N–H and O–H groups in total. The first-order valence-electron chi connectivity index (χ1n) is 21.6. The molecule has 3 aromatic heterocycles. The quantitative estimate of drug-likeness (QED) is 0.141. The summed E-state index contributed by atoms with van der Waals surface area (Å²) in [5, 5.41) is 6.85. The van der Waals surface area contributed by atoms with E-state index >= 15 is 0 Å². The number of benzene rings is 2. The molecule has 10 rings (SSSR count). The fourth-order valence-electron chi connectivity index (χ4n) is 8.84. The van der Waals surface area contributed by atoms with Crippen molar-refractivity contribution >= 4 is 63.4 Å². The number of pyridine rings is 1. The molecule has 2 saturated heterocycles. The number of alkyl halides is 6. The fraction of sp³-hybridized carbons (Fsp3) is 0.312. The van der Waals surface area contributed by atoms with Crippen LogP contribution in [0.15, 0.2) is 119 Å². The summed E-state index contributed by atoms with van der Waals surface area (Å²) in [5.41, 5.74) is 2.18. The minimum absolute atomic E-state index is 0.0974. The summed E-state index contributed by atoms with van der Waals surface area (Å²) in [5.74, 6) is 1.39. The van der Waals surface area contributed by atoms with Gasteiger partial charge in [0, 0.05) is 66.4 Å². The van der Waals surface area contributed by atoms with Gasteiger partial charge in [0.25, 0.3) is 0 Å². The van der Waals surface area contributed by atoms with Gasteiger partial charge in [-0.15, -0.1) is 0 Å². The van der Waals surface area contributed by atoms with Crippen LogP contribution in [0, 0.1) is 19.8 Å². The first-order valence-corrected chi connectivity index (χ1v) is 21.6. The van der Waals surface area contributed by atoms with Gasteiger partial charge in [0.15, 0.2) is 17.6 Å². The van der Waals surface area contributed by atoms with Crippen molar-refractivity contribution in [3.63, 3.8) is 0 Å². The van der Waals surface area contributed by atoms with Crippen LogP contribution < -0.4 is 20.4 Å². The Bertz CT molecular complexity index is 2730. The van der Waals surface area contributed by atoms with E-state index in [0.29, 0.717) is 74.9 Å². The van der Waals surface area contributed by atoms with Crippen LogP contribution in [-0.4, -0.2) is 54.4 Å². The number of halogens is 6. The van der Waals surface area contributed by atoms with Crippen molar-refractivity contribution in [3.05, 3.63) is 130 Å². The van der Waals surface area contributed by atoms with Gasteiger partial charge >= 0.3 is 12.4 Å². The van der Waals surface area contributed by atoms with Crippen molar-refractivity contribution in [2.75, 3.05) is 46.6 Å². The van der Waals surface area contributed by atoms with Crippen molar-refractivity contribution in [3.8, 4) is 0 Å². The van der Waals surface area contributed by atoms with Gasteiger partial charge in [-0.2, -0.15) is 26.3 Å². The Hall–Kier alpha value is -6.91. The van der Waals surface area contributed by atoms with E-state index in [2.05, 4.69) is 35.4 Å². The molecule has 17 heteroatoms. The van der Waals surface area contributed by atoms with E-state index in [1.165, 1.54) is 0 Å². The number of rotatable bonds is 9. The lowest BCUT2D eigenvalue weighted by atomic mass is 9.86. The number of piperidine rings is 2. The summed E-state index contributed by atoms with van der Waals surface area (Å²) in [4.78, 5) is 26.8. The molecule has 11 nitrogen and oxygen atoms in total. The Morgan fingerprint density at radius 1 is 0.569 bits per heavy atom. The monoisotopic (exact) mass is 891 g/mol. The van der Waals surface area contributed by atoms with Gasteiger partial charge in [0.1, 0.15) is 40.5 Å². The third-order valence-electron chi connectivity index (χ3n) is 12.0. The molecule has 8 heterocycles. The lowest BCUT2D eigenvalue weighted by Gasteiger charge is -2.31. The Balaban J connectivity index is 1.15. The first kappa shape index (κ1) is 42.1. The second-order valence-corrected chi connectivity index (χ2v) is 16.7. The van der Waals surface area contributed by atoms with Gasteiger partial charge in [-0.3, -0.25) is 0 Å². The van der Waals surface area contributed by atoms with Gasteiger partial charge < -0.3 is 29.3 Å². The Morgan fingerprint density at radius 2 is 1.09 bits per heavy atom. The molecule has 2 aromatic carbocycles. The number of allylic oxidation sites excluding steroid dienone is 2. The summed E-state index contributed by atoms with van der Waals surface area (Å²) < 4.78 is 96.7. The van der Waals surface area contributed by atoms with Crippen LogP contribution in [0.4, 0.5) is 60.9 Å². The molecule has 0 bridgehead atoms. The van der Waals surface area contributed by atoms with Gasteiger partial charge in [-0.05, 0) is 131 Å². The molecule has 5 aliphatic rings. The van der Waals surface area contributed by atoms with Crippen LogP contribution >= 0.6 is 0 Å². The van der Waals surface area contributed by atoms with E-state index in [1.807, 2.05) is 86.7 Å². The van der Waals surface area contributed by atoms with Gasteiger partial charge in [0.05, 0.1) is 22.8 Å². The number of nitrogens with one attached hydrogen (secondary N) is 2. The van der Waals surface area contributed by atoms with E-state index in [0.717, 1.165) is 76.1 Å². The predicted molar refractivity (Wildman–Crippen MR) is 240 cm³/mol. The molecule has 0 spiro atoms. The number of amidine groups is 3. The maximum absolute atomic E-state index is 14.1. The molecule has 0 saturated carbocycles. The Kier molecular flexibility index (Phi) is 10.7. The van der Waals surface area contributed by atoms with Crippen molar-refractivity contribution < 1.29 is 35.2 Å². The van der Waals surface area contributed by atoms with Gasteiger partial charge in [0.2, 0.25) is 0 Å². The third-order valence-corrected chi connectivity index (χ3v) is 12.0. The number of nitrogens with zero attached hydrogens (tertiary/aromatic N) is 7. The predicted octanol–water partition coefficient (Wildman–Crippen LogP) is 12.0. The van der Waals surface area contributed by atoms with E-state index < -0.39 is 41.1 Å². The van der Waals surface area contributed by atoms with E-state index in [9.17, 15) is 26.3 Å². The highest BCUT2D eigenvalue weighted by molar-refractivity contribution is 6.30. The molecular formula is C48H43F6N9O2. The summed E-state index contributed by atoms with van der Waals surface area (Å²) >= 11 is 0. The zero-order chi connectivity index (χ0) is 45.0. The maximum Gasteiger partial charge on any atom is 0.433 e. The van der Waals surface area contributed by atoms with Crippen LogP contribution in [0.5, 0.6) is 0 Å². The van der Waals surface area contributed by atoms with Crippen molar-refractivity contribution in [1.29, 1.82) is 0 Å². The van der Waals surface area contributed by atoms with Crippen molar-refractivity contribution in [1.82, 2.24) is 4.98 Å². The van der Waals surface area contributed by atoms with E-state index in [-0.39, 0.29) is 11.7 Å². The first-order chi connectivity index (χ1) is 31.2. The van der Waals surface area contributed by atoms with Gasteiger partial charge in [-0.25, -0.2) is 25.0 Å². The molecule has 334 valence electrons. The average molecular weight is 892 g/mol. The molecule has 65 heavy (non-hydrogen) atoms. The number of aliphatic imine (C=N–C) groups is 4. The molecule has 5 aliphatic heterocycles. The zero-order valence-electron chi connectivity index (χ0n) is 35.4. The second-order valence-electron chi connectivity index (χ2n) is 16.7.